The van der Waals surface area contributed by atoms with Crippen LogP contribution in [0.15, 0.2) is 35.7 Å². The zero-order valence-corrected chi connectivity index (χ0v) is 11.9. The monoisotopic (exact) mass is 305 g/mol. The smallest absolute Gasteiger partial charge is 0.236 e. The van der Waals surface area contributed by atoms with Crippen molar-refractivity contribution in [1.29, 1.82) is 0 Å². The molecule has 0 spiro atoms. The average Bonchev–Trinajstić information content (AvgIpc) is 3.04. The first-order valence-electron chi connectivity index (χ1n) is 5.79. The number of rotatable bonds is 4. The third-order valence-corrected chi connectivity index (χ3v) is 4.31. The van der Waals surface area contributed by atoms with Crippen LogP contribution in [0.25, 0.3) is 10.2 Å². The molecule has 3 rings (SSSR count). The molecule has 0 fully saturated rings. The van der Waals surface area contributed by atoms with E-state index in [2.05, 4.69) is 20.3 Å². The van der Waals surface area contributed by atoms with E-state index in [9.17, 15) is 4.79 Å². The summed E-state index contributed by atoms with van der Waals surface area (Å²) < 4.78 is 0.957. The number of benzene rings is 1. The highest BCUT2D eigenvalue weighted by atomic mass is 32.2. The van der Waals surface area contributed by atoms with Gasteiger partial charge in [0.2, 0.25) is 5.91 Å². The molecule has 0 saturated carbocycles. The Balaban J connectivity index is 1.65. The van der Waals surface area contributed by atoms with Crippen molar-refractivity contribution in [3.8, 4) is 0 Å². The lowest BCUT2D eigenvalue weighted by Crippen LogP contribution is -2.13. The van der Waals surface area contributed by atoms with Crippen molar-refractivity contribution < 1.29 is 4.79 Å². The van der Waals surface area contributed by atoms with Crippen LogP contribution in [0.1, 0.15) is 0 Å². The molecule has 2 heterocycles. The summed E-state index contributed by atoms with van der Waals surface area (Å²) >= 11 is 2.75. The number of carbonyl (C=O) groups is 1. The van der Waals surface area contributed by atoms with Crippen LogP contribution in [0.5, 0.6) is 0 Å². The van der Waals surface area contributed by atoms with Crippen molar-refractivity contribution >= 4 is 50.0 Å². The molecule has 0 aliphatic heterocycles. The van der Waals surface area contributed by atoms with Gasteiger partial charge in [-0.1, -0.05) is 23.1 Å². The zero-order valence-electron chi connectivity index (χ0n) is 10.3. The molecule has 0 aliphatic rings. The van der Waals surface area contributed by atoms with E-state index < -0.39 is 0 Å². The number of H-pyrrole nitrogens is 1. The molecule has 3 aromatic rings. The molecule has 20 heavy (non-hydrogen) atoms. The van der Waals surface area contributed by atoms with Gasteiger partial charge in [0.1, 0.15) is 0 Å². The molecule has 102 valence electrons. The van der Waals surface area contributed by atoms with E-state index in [1.807, 2.05) is 12.1 Å². The lowest BCUT2D eigenvalue weighted by Gasteiger charge is -1.99. The van der Waals surface area contributed by atoms with Crippen molar-refractivity contribution in [2.45, 2.75) is 5.16 Å². The minimum atomic E-state index is -0.113. The maximum Gasteiger partial charge on any atom is 0.236 e. The molecule has 0 aliphatic carbocycles. The van der Waals surface area contributed by atoms with Crippen LogP contribution in [0, 0.1) is 0 Å². The number of nitrogens with zero attached hydrogens (tertiary/aromatic N) is 2. The van der Waals surface area contributed by atoms with Gasteiger partial charge in [-0.2, -0.15) is 0 Å². The number of aromatic nitrogens is 3. The Bertz CT molecular complexity index is 737. The fourth-order valence-corrected chi connectivity index (χ4v) is 3.17. The highest BCUT2D eigenvalue weighted by Crippen LogP contribution is 2.27. The van der Waals surface area contributed by atoms with E-state index in [1.165, 1.54) is 23.1 Å². The van der Waals surface area contributed by atoms with Gasteiger partial charge in [-0.05, 0) is 18.2 Å². The summed E-state index contributed by atoms with van der Waals surface area (Å²) in [7, 11) is 0. The molecule has 6 nitrogen and oxygen atoms in total. The number of nitrogen functional groups attached to an aromatic ring is 1. The third-order valence-electron chi connectivity index (χ3n) is 2.47. The van der Waals surface area contributed by atoms with Crippen molar-refractivity contribution in [2.75, 3.05) is 16.8 Å². The van der Waals surface area contributed by atoms with E-state index in [1.54, 1.807) is 18.5 Å². The van der Waals surface area contributed by atoms with Crippen molar-refractivity contribution in [1.82, 2.24) is 15.0 Å². The van der Waals surface area contributed by atoms with Gasteiger partial charge in [0, 0.05) is 18.1 Å². The molecule has 0 unspecified atom stereocenters. The number of nitrogens with one attached hydrogen (secondary N) is 2. The van der Waals surface area contributed by atoms with Gasteiger partial charge in [0.05, 0.1) is 16.0 Å². The number of hydrogen-bond acceptors (Lipinski definition) is 6. The Kier molecular flexibility index (Phi) is 3.57. The van der Waals surface area contributed by atoms with Crippen molar-refractivity contribution in [2.24, 2.45) is 0 Å². The van der Waals surface area contributed by atoms with Gasteiger partial charge in [-0.25, -0.2) is 9.97 Å². The molecular formula is C12H11N5OS2. The summed E-state index contributed by atoms with van der Waals surface area (Å²) in [5, 5.41) is 4.08. The van der Waals surface area contributed by atoms with E-state index in [0.29, 0.717) is 10.8 Å². The van der Waals surface area contributed by atoms with Crippen molar-refractivity contribution in [3.05, 3.63) is 30.6 Å². The lowest BCUT2D eigenvalue weighted by molar-refractivity contribution is -0.113. The molecule has 0 bridgehead atoms. The Morgan fingerprint density at radius 2 is 2.40 bits per heavy atom. The highest BCUT2D eigenvalue weighted by molar-refractivity contribution is 7.99. The van der Waals surface area contributed by atoms with Crippen LogP contribution in [-0.4, -0.2) is 26.6 Å². The predicted octanol–water partition coefficient (Wildman–Crippen LogP) is 2.33. The molecule has 0 atom stereocenters. The molecule has 2 aromatic heterocycles. The summed E-state index contributed by atoms with van der Waals surface area (Å²) in [6.45, 7) is 0. The summed E-state index contributed by atoms with van der Waals surface area (Å²) in [5.74, 6) is 0.171. The summed E-state index contributed by atoms with van der Waals surface area (Å²) in [6.07, 6.45) is 3.37. The van der Waals surface area contributed by atoms with Crippen LogP contribution in [0.3, 0.4) is 0 Å². The van der Waals surface area contributed by atoms with Crippen LogP contribution < -0.4 is 11.1 Å². The first-order valence-corrected chi connectivity index (χ1v) is 7.59. The number of aromatic amines is 1. The summed E-state index contributed by atoms with van der Waals surface area (Å²) in [4.78, 5) is 23.1. The number of thiazole rings is 1. The van der Waals surface area contributed by atoms with Gasteiger partial charge < -0.3 is 16.0 Å². The van der Waals surface area contributed by atoms with E-state index in [4.69, 9.17) is 5.73 Å². The number of carbonyl (C=O) groups excluding carboxylic acids is 1. The molecule has 0 saturated heterocycles. The zero-order chi connectivity index (χ0) is 13.9. The Labute approximate surface area is 122 Å². The Morgan fingerprint density at radius 1 is 1.50 bits per heavy atom. The maximum absolute atomic E-state index is 11.8. The Hall–Kier alpha value is -2.06. The van der Waals surface area contributed by atoms with Crippen LogP contribution in [0.2, 0.25) is 0 Å². The second-order valence-corrected chi connectivity index (χ2v) is 5.97. The number of fused-ring (bicyclic) bond motifs is 1. The molecule has 4 N–H and O–H groups in total. The third kappa shape index (κ3) is 2.91. The van der Waals surface area contributed by atoms with Crippen LogP contribution in [0.4, 0.5) is 10.8 Å². The van der Waals surface area contributed by atoms with Gasteiger partial charge in [-0.3, -0.25) is 4.79 Å². The second-order valence-electron chi connectivity index (χ2n) is 3.98. The largest absolute Gasteiger partial charge is 0.399 e. The normalized spacial score (nSPS) is 10.8. The fraction of sp³-hybridized carbons (Fsp3) is 0.0833. The molecular weight excluding hydrogens is 294 g/mol. The van der Waals surface area contributed by atoms with Crippen LogP contribution in [-0.2, 0) is 4.79 Å². The van der Waals surface area contributed by atoms with E-state index >= 15 is 0 Å². The number of thioether (sulfide) groups is 1. The van der Waals surface area contributed by atoms with Gasteiger partial charge in [0.15, 0.2) is 10.3 Å². The minimum Gasteiger partial charge on any atom is -0.399 e. The quantitative estimate of drug-likeness (QED) is 0.508. The first-order chi connectivity index (χ1) is 9.70. The number of anilines is 2. The standard InChI is InChI=1S/C12H11N5OS2/c13-7-1-2-8-9(5-7)20-12(16-8)17-10(18)6-19-11-14-3-4-15-11/h1-5H,6,13H2,(H,14,15)(H,16,17,18). The van der Waals surface area contributed by atoms with Gasteiger partial charge >= 0.3 is 0 Å². The summed E-state index contributed by atoms with van der Waals surface area (Å²) in [5.41, 5.74) is 7.23. The summed E-state index contributed by atoms with van der Waals surface area (Å²) in [6, 6.07) is 5.48. The molecule has 1 amide bonds. The average molecular weight is 305 g/mol. The van der Waals surface area contributed by atoms with E-state index in [0.717, 1.165) is 15.4 Å². The van der Waals surface area contributed by atoms with Crippen molar-refractivity contribution in [3.63, 3.8) is 0 Å². The number of hydrogen-bond donors (Lipinski definition) is 3. The van der Waals surface area contributed by atoms with E-state index in [-0.39, 0.29) is 11.7 Å². The topological polar surface area (TPSA) is 96.7 Å². The maximum atomic E-state index is 11.8. The first kappa shape index (κ1) is 12.9. The second kappa shape index (κ2) is 5.51. The number of amides is 1. The lowest BCUT2D eigenvalue weighted by atomic mass is 10.3. The SMILES string of the molecule is Nc1ccc2nc(NC(=O)CSc3ncc[nH]3)sc2c1. The molecule has 8 heteroatoms. The van der Waals surface area contributed by atoms with Crippen LogP contribution >= 0.6 is 23.1 Å². The highest BCUT2D eigenvalue weighted by Gasteiger charge is 2.09. The molecule has 1 aromatic carbocycles. The number of imidazole rings is 1. The van der Waals surface area contributed by atoms with Gasteiger partial charge in [-0.15, -0.1) is 0 Å². The minimum absolute atomic E-state index is 0.113. The van der Waals surface area contributed by atoms with Gasteiger partial charge in [0.25, 0.3) is 0 Å². The number of nitrogens with two attached hydrogens (primary N) is 1. The molecule has 0 radical (unpaired) electrons. The predicted molar refractivity (Wildman–Crippen MR) is 82.0 cm³/mol. The Morgan fingerprint density at radius 3 is 3.20 bits per heavy atom. The fourth-order valence-electron chi connectivity index (χ4n) is 1.61.